The molecular formula is C29H50O. The van der Waals surface area contributed by atoms with E-state index in [0.29, 0.717) is 10.8 Å². The van der Waals surface area contributed by atoms with Crippen molar-refractivity contribution < 1.29 is 5.11 Å². The van der Waals surface area contributed by atoms with Gasteiger partial charge in [-0.1, -0.05) is 41.5 Å². The van der Waals surface area contributed by atoms with Gasteiger partial charge in [0.25, 0.3) is 0 Å². The molecule has 30 heavy (non-hydrogen) atoms. The van der Waals surface area contributed by atoms with E-state index in [9.17, 15) is 5.11 Å². The first-order valence-electron chi connectivity index (χ1n) is 13.8. The van der Waals surface area contributed by atoms with Crippen LogP contribution in [0.5, 0.6) is 0 Å². The fourth-order valence-corrected chi connectivity index (χ4v) is 10.4. The number of fused-ring (bicyclic) bond motifs is 5. The summed E-state index contributed by atoms with van der Waals surface area (Å²) >= 11 is 0. The molecule has 1 heteroatoms. The molecule has 0 amide bonds. The Morgan fingerprint density at radius 3 is 2.17 bits per heavy atom. The molecule has 0 saturated heterocycles. The largest absolute Gasteiger partial charge is 0.393 e. The van der Waals surface area contributed by atoms with Crippen LogP contribution in [0.1, 0.15) is 106 Å². The summed E-state index contributed by atoms with van der Waals surface area (Å²) in [7, 11) is 0. The molecule has 172 valence electrons. The van der Waals surface area contributed by atoms with E-state index < -0.39 is 0 Å². The molecule has 0 bridgehead atoms. The summed E-state index contributed by atoms with van der Waals surface area (Å²) in [6, 6.07) is 0. The van der Waals surface area contributed by atoms with Gasteiger partial charge in [0.1, 0.15) is 0 Å². The average molecular weight is 415 g/mol. The van der Waals surface area contributed by atoms with Crippen LogP contribution in [-0.2, 0) is 0 Å². The molecule has 1 nitrogen and oxygen atoms in total. The molecule has 1 N–H and O–H groups in total. The van der Waals surface area contributed by atoms with E-state index >= 15 is 0 Å². The van der Waals surface area contributed by atoms with Crippen molar-refractivity contribution in [3.05, 3.63) is 0 Å². The van der Waals surface area contributed by atoms with Gasteiger partial charge in [0.2, 0.25) is 0 Å². The number of aliphatic hydroxyl groups is 1. The standard InChI is InChI=1S/C29H50O/c1-17(2)18(3)23-16-24(23)19(4)25-9-10-26-22-8-7-20-15-21(30)11-13-28(20,5)27(22)12-14-29(25,26)6/h17-27,30H,7-16H2,1-6H3/t18-,19-,20+,21+,22+,23-,24-,25-,26+,27+,28+,29-/m1/s1. The SMILES string of the molecule is CC(C)[C@@H](C)[C@H]1C[C@@H]1[C@@H](C)[C@H]1CC[C@H]2[C@@H]3CC[C@H]4C[C@@H](O)CC[C@]4(C)[C@H]3CC[C@]12C. The van der Waals surface area contributed by atoms with Crippen LogP contribution in [0.3, 0.4) is 0 Å². The van der Waals surface area contributed by atoms with E-state index in [0.717, 1.165) is 72.0 Å². The second-order valence-corrected chi connectivity index (χ2v) is 13.8. The minimum Gasteiger partial charge on any atom is -0.393 e. The Kier molecular flexibility index (Phi) is 5.44. The predicted molar refractivity (Wildman–Crippen MR) is 126 cm³/mol. The monoisotopic (exact) mass is 414 g/mol. The van der Waals surface area contributed by atoms with Crippen LogP contribution in [0.15, 0.2) is 0 Å². The maximum Gasteiger partial charge on any atom is 0.0543 e. The highest BCUT2D eigenvalue weighted by Crippen LogP contribution is 2.69. The maximum atomic E-state index is 10.3. The van der Waals surface area contributed by atoms with E-state index in [1.807, 2.05) is 0 Å². The third-order valence-electron chi connectivity index (χ3n) is 12.6. The van der Waals surface area contributed by atoms with Gasteiger partial charge in [-0.05, 0) is 134 Å². The Hall–Kier alpha value is -0.0400. The first kappa shape index (κ1) is 21.8. The van der Waals surface area contributed by atoms with Crippen molar-refractivity contribution >= 4 is 0 Å². The summed E-state index contributed by atoms with van der Waals surface area (Å²) < 4.78 is 0. The molecule has 5 aliphatic rings. The zero-order chi connectivity index (χ0) is 21.4. The maximum absolute atomic E-state index is 10.3. The molecular weight excluding hydrogens is 364 g/mol. The summed E-state index contributed by atoms with van der Waals surface area (Å²) in [6.07, 6.45) is 13.9. The molecule has 0 spiro atoms. The van der Waals surface area contributed by atoms with Crippen molar-refractivity contribution in [1.82, 2.24) is 0 Å². The third-order valence-corrected chi connectivity index (χ3v) is 12.6. The Morgan fingerprint density at radius 1 is 0.733 bits per heavy atom. The van der Waals surface area contributed by atoms with Crippen molar-refractivity contribution in [2.45, 2.75) is 112 Å². The van der Waals surface area contributed by atoms with Crippen LogP contribution >= 0.6 is 0 Å². The van der Waals surface area contributed by atoms with Crippen LogP contribution < -0.4 is 0 Å². The lowest BCUT2D eigenvalue weighted by atomic mass is 9.44. The molecule has 0 aliphatic heterocycles. The molecule has 12 atom stereocenters. The molecule has 0 unspecified atom stereocenters. The molecule has 5 saturated carbocycles. The molecule has 0 radical (unpaired) electrons. The normalized spacial score (nSPS) is 54.8. The van der Waals surface area contributed by atoms with Gasteiger partial charge in [-0.2, -0.15) is 0 Å². The van der Waals surface area contributed by atoms with Crippen LogP contribution in [0.2, 0.25) is 0 Å². The van der Waals surface area contributed by atoms with E-state index in [4.69, 9.17) is 0 Å². The third kappa shape index (κ3) is 3.18. The van der Waals surface area contributed by atoms with Crippen LogP contribution in [-0.4, -0.2) is 11.2 Å². The molecule has 0 heterocycles. The van der Waals surface area contributed by atoms with Gasteiger partial charge >= 0.3 is 0 Å². The number of rotatable bonds is 4. The lowest BCUT2D eigenvalue weighted by molar-refractivity contribution is -0.129. The second kappa shape index (κ2) is 7.50. The lowest BCUT2D eigenvalue weighted by Gasteiger charge is -2.61. The summed E-state index contributed by atoms with van der Waals surface area (Å²) in [4.78, 5) is 0. The number of hydrogen-bond acceptors (Lipinski definition) is 1. The second-order valence-electron chi connectivity index (χ2n) is 13.8. The van der Waals surface area contributed by atoms with Gasteiger partial charge in [-0.15, -0.1) is 0 Å². The average Bonchev–Trinajstić information content (AvgIpc) is 3.42. The summed E-state index contributed by atoms with van der Waals surface area (Å²) in [5.41, 5.74) is 1.15. The van der Waals surface area contributed by atoms with Crippen molar-refractivity contribution in [2.24, 2.45) is 70.0 Å². The Morgan fingerprint density at radius 2 is 1.43 bits per heavy atom. The highest BCUT2D eigenvalue weighted by Gasteiger charge is 2.62. The topological polar surface area (TPSA) is 20.2 Å². The predicted octanol–water partition coefficient (Wildman–Crippen LogP) is 7.57. The quantitative estimate of drug-likeness (QED) is 0.503. The van der Waals surface area contributed by atoms with Crippen molar-refractivity contribution in [1.29, 1.82) is 0 Å². The number of hydrogen-bond donors (Lipinski definition) is 1. The molecule has 0 aromatic heterocycles. The van der Waals surface area contributed by atoms with Crippen molar-refractivity contribution in [3.8, 4) is 0 Å². The van der Waals surface area contributed by atoms with Crippen LogP contribution in [0.4, 0.5) is 0 Å². The Labute approximate surface area is 187 Å². The van der Waals surface area contributed by atoms with E-state index in [-0.39, 0.29) is 6.10 Å². The number of aliphatic hydroxyl groups excluding tert-OH is 1. The fourth-order valence-electron chi connectivity index (χ4n) is 10.4. The van der Waals surface area contributed by atoms with Gasteiger partial charge in [0.15, 0.2) is 0 Å². The molecule has 0 aromatic carbocycles. The first-order valence-corrected chi connectivity index (χ1v) is 13.8. The fraction of sp³-hybridized carbons (Fsp3) is 1.00. The van der Waals surface area contributed by atoms with E-state index in [1.54, 1.807) is 0 Å². The highest BCUT2D eigenvalue weighted by molar-refractivity contribution is 5.11. The van der Waals surface area contributed by atoms with Gasteiger partial charge in [-0.25, -0.2) is 0 Å². The molecule has 5 aliphatic carbocycles. The smallest absolute Gasteiger partial charge is 0.0543 e. The van der Waals surface area contributed by atoms with Gasteiger partial charge < -0.3 is 5.11 Å². The lowest BCUT2D eigenvalue weighted by Crippen LogP contribution is -2.54. The highest BCUT2D eigenvalue weighted by atomic mass is 16.3. The minimum atomic E-state index is -0.00934. The van der Waals surface area contributed by atoms with Gasteiger partial charge in [0.05, 0.1) is 6.10 Å². The van der Waals surface area contributed by atoms with Crippen molar-refractivity contribution in [3.63, 3.8) is 0 Å². The van der Waals surface area contributed by atoms with Gasteiger partial charge in [-0.3, -0.25) is 0 Å². The molecule has 5 rings (SSSR count). The van der Waals surface area contributed by atoms with Crippen LogP contribution in [0.25, 0.3) is 0 Å². The van der Waals surface area contributed by atoms with Crippen molar-refractivity contribution in [2.75, 3.05) is 0 Å². The zero-order valence-electron chi connectivity index (χ0n) is 20.9. The summed E-state index contributed by atoms with van der Waals surface area (Å²) in [5.74, 6) is 9.45. The van der Waals surface area contributed by atoms with E-state index in [1.165, 1.54) is 51.4 Å². The minimum absolute atomic E-state index is 0.00934. The first-order chi connectivity index (χ1) is 14.2. The molecule has 0 aromatic rings. The van der Waals surface area contributed by atoms with Gasteiger partial charge in [0, 0.05) is 0 Å². The molecule has 5 fully saturated rings. The van der Waals surface area contributed by atoms with E-state index in [2.05, 4.69) is 41.5 Å². The summed E-state index contributed by atoms with van der Waals surface area (Å²) in [5, 5.41) is 10.3. The zero-order valence-corrected chi connectivity index (χ0v) is 20.9. The van der Waals surface area contributed by atoms with Crippen LogP contribution in [0, 0.1) is 70.0 Å². The Balaban J connectivity index is 1.31. The Bertz CT molecular complexity index is 640. The summed E-state index contributed by atoms with van der Waals surface area (Å²) in [6.45, 7) is 15.4.